The second-order valence-corrected chi connectivity index (χ2v) is 6.02. The molecule has 0 saturated carbocycles. The number of benzene rings is 2. The first-order valence-electron chi connectivity index (χ1n) is 8.42. The highest BCUT2D eigenvalue weighted by atomic mass is 16.5. The van der Waals surface area contributed by atoms with Crippen molar-refractivity contribution in [3.8, 4) is 17.2 Å². The molecule has 0 spiro atoms. The van der Waals surface area contributed by atoms with Gasteiger partial charge in [-0.15, -0.1) is 10.2 Å². The fourth-order valence-corrected chi connectivity index (χ4v) is 2.57. The first-order chi connectivity index (χ1) is 13.0. The van der Waals surface area contributed by atoms with Crippen LogP contribution < -0.4 is 10.1 Å². The van der Waals surface area contributed by atoms with E-state index in [0.717, 1.165) is 11.1 Å². The molecule has 7 heteroatoms. The van der Waals surface area contributed by atoms with E-state index in [1.54, 1.807) is 36.4 Å². The van der Waals surface area contributed by atoms with Crippen molar-refractivity contribution in [1.82, 2.24) is 15.5 Å². The van der Waals surface area contributed by atoms with Gasteiger partial charge in [0.1, 0.15) is 5.75 Å². The lowest BCUT2D eigenvalue weighted by Gasteiger charge is -2.13. The number of nitrogens with zero attached hydrogens (tertiary/aromatic N) is 2. The molecule has 1 heterocycles. The number of rotatable bonds is 7. The molecular formula is C20H19N3O4. The third-order valence-corrected chi connectivity index (χ3v) is 3.98. The molecule has 0 aliphatic rings. The fraction of sp³-hybridized carbons (Fsp3) is 0.200. The maximum absolute atomic E-state index is 12.3. The highest BCUT2D eigenvalue weighted by Gasteiger charge is 2.10. The van der Waals surface area contributed by atoms with Gasteiger partial charge in [0.25, 0.3) is 0 Å². The molecule has 1 amide bonds. The van der Waals surface area contributed by atoms with Crippen LogP contribution in [0.2, 0.25) is 0 Å². The molecule has 7 nitrogen and oxygen atoms in total. The van der Waals surface area contributed by atoms with Crippen LogP contribution in [-0.4, -0.2) is 28.5 Å². The van der Waals surface area contributed by atoms with Crippen LogP contribution in [0.5, 0.6) is 5.75 Å². The van der Waals surface area contributed by atoms with Crippen LogP contribution in [0.15, 0.2) is 59.3 Å². The molecule has 0 unspecified atom stereocenters. The van der Waals surface area contributed by atoms with Gasteiger partial charge < -0.3 is 14.5 Å². The minimum atomic E-state index is -0.130. The van der Waals surface area contributed by atoms with Gasteiger partial charge in [0, 0.05) is 18.1 Å². The predicted molar refractivity (Wildman–Crippen MR) is 98.2 cm³/mol. The quantitative estimate of drug-likeness (QED) is 0.646. The highest BCUT2D eigenvalue weighted by Crippen LogP contribution is 2.20. The summed E-state index contributed by atoms with van der Waals surface area (Å²) in [7, 11) is 0. The number of carbonyl (C=O) groups is 2. The van der Waals surface area contributed by atoms with Crippen molar-refractivity contribution >= 4 is 11.7 Å². The number of amides is 1. The summed E-state index contributed by atoms with van der Waals surface area (Å²) in [4.78, 5) is 23.4. The van der Waals surface area contributed by atoms with E-state index < -0.39 is 0 Å². The van der Waals surface area contributed by atoms with Crippen LogP contribution >= 0.6 is 0 Å². The molecule has 2 aromatic carbocycles. The van der Waals surface area contributed by atoms with Crippen molar-refractivity contribution in [2.24, 2.45) is 0 Å². The zero-order valence-corrected chi connectivity index (χ0v) is 15.0. The highest BCUT2D eigenvalue weighted by molar-refractivity contribution is 5.97. The van der Waals surface area contributed by atoms with E-state index in [-0.39, 0.29) is 24.3 Å². The molecule has 1 aromatic heterocycles. The molecule has 3 aromatic rings. The average Bonchev–Trinajstić information content (AvgIpc) is 3.21. The van der Waals surface area contributed by atoms with Crippen molar-refractivity contribution in [2.75, 3.05) is 6.61 Å². The van der Waals surface area contributed by atoms with Crippen LogP contribution in [-0.2, 0) is 4.79 Å². The molecule has 0 fully saturated rings. The molecule has 0 aliphatic carbocycles. The number of Topliss-reactive ketones (excluding diaryl/α,β-unsaturated/α-hetero) is 1. The first kappa shape index (κ1) is 18.3. The number of nitrogens with one attached hydrogen (secondary N) is 1. The zero-order chi connectivity index (χ0) is 19.2. The van der Waals surface area contributed by atoms with Crippen molar-refractivity contribution in [2.45, 2.75) is 19.9 Å². The molecule has 27 heavy (non-hydrogen) atoms. The second-order valence-electron chi connectivity index (χ2n) is 6.02. The largest absolute Gasteiger partial charge is 0.485 e. The van der Waals surface area contributed by atoms with E-state index >= 15 is 0 Å². The SMILES string of the molecule is CC(=O)N[C@@H](C)c1ccc(C(=O)COc2ccc(-c3nnco3)cc2)cc1. The summed E-state index contributed by atoms with van der Waals surface area (Å²) < 4.78 is 10.7. The van der Waals surface area contributed by atoms with E-state index in [2.05, 4.69) is 15.5 Å². The Hall–Kier alpha value is -3.48. The van der Waals surface area contributed by atoms with Crippen molar-refractivity contribution in [3.05, 3.63) is 66.1 Å². The number of carbonyl (C=O) groups excluding carboxylic acids is 2. The third-order valence-electron chi connectivity index (χ3n) is 3.98. The lowest BCUT2D eigenvalue weighted by molar-refractivity contribution is -0.119. The smallest absolute Gasteiger partial charge is 0.247 e. The van der Waals surface area contributed by atoms with E-state index in [9.17, 15) is 9.59 Å². The summed E-state index contributed by atoms with van der Waals surface area (Å²) in [5, 5.41) is 10.3. The van der Waals surface area contributed by atoms with Gasteiger partial charge in [-0.1, -0.05) is 24.3 Å². The Morgan fingerprint density at radius 1 is 1.11 bits per heavy atom. The van der Waals surface area contributed by atoms with Gasteiger partial charge in [-0.05, 0) is 36.8 Å². The van der Waals surface area contributed by atoms with Gasteiger partial charge in [-0.2, -0.15) is 0 Å². The van der Waals surface area contributed by atoms with Crippen molar-refractivity contribution < 1.29 is 18.7 Å². The van der Waals surface area contributed by atoms with E-state index in [1.807, 2.05) is 19.1 Å². The number of aromatic nitrogens is 2. The number of hydrogen-bond acceptors (Lipinski definition) is 6. The van der Waals surface area contributed by atoms with Crippen LogP contribution in [0.4, 0.5) is 0 Å². The van der Waals surface area contributed by atoms with Gasteiger partial charge in [0.15, 0.2) is 12.4 Å². The van der Waals surface area contributed by atoms with Gasteiger partial charge in [-0.25, -0.2) is 0 Å². The summed E-state index contributed by atoms with van der Waals surface area (Å²) in [6, 6.07) is 14.1. The Kier molecular flexibility index (Phi) is 5.61. The molecule has 1 atom stereocenters. The molecule has 0 saturated heterocycles. The molecule has 0 radical (unpaired) electrons. The Balaban J connectivity index is 1.56. The lowest BCUT2D eigenvalue weighted by atomic mass is 10.0. The van der Waals surface area contributed by atoms with Crippen LogP contribution in [0.1, 0.15) is 35.8 Å². The zero-order valence-electron chi connectivity index (χ0n) is 15.0. The summed E-state index contributed by atoms with van der Waals surface area (Å²) in [5.41, 5.74) is 2.26. The number of ketones is 1. The van der Waals surface area contributed by atoms with Crippen LogP contribution in [0, 0.1) is 0 Å². The molecule has 0 bridgehead atoms. The first-order valence-corrected chi connectivity index (χ1v) is 8.42. The summed E-state index contributed by atoms with van der Waals surface area (Å²) in [5.74, 6) is 0.768. The Morgan fingerprint density at radius 2 is 1.81 bits per heavy atom. The lowest BCUT2D eigenvalue weighted by Crippen LogP contribution is -2.23. The minimum Gasteiger partial charge on any atom is -0.485 e. The molecular weight excluding hydrogens is 346 g/mol. The van der Waals surface area contributed by atoms with Crippen LogP contribution in [0.25, 0.3) is 11.5 Å². The summed E-state index contributed by atoms with van der Waals surface area (Å²) in [6.45, 7) is 3.29. The monoisotopic (exact) mass is 365 g/mol. The summed E-state index contributed by atoms with van der Waals surface area (Å²) in [6.07, 6.45) is 1.26. The van der Waals surface area contributed by atoms with E-state index in [1.165, 1.54) is 13.3 Å². The standard InChI is InChI=1S/C20H19N3O4/c1-13(22-14(2)24)15-3-5-16(6-4-15)19(25)11-26-18-9-7-17(8-10-18)20-23-21-12-27-20/h3-10,12-13H,11H2,1-2H3,(H,22,24)/t13-/m0/s1. The topological polar surface area (TPSA) is 94.3 Å². The predicted octanol–water partition coefficient (Wildman–Crippen LogP) is 3.20. The maximum atomic E-state index is 12.3. The Morgan fingerprint density at radius 3 is 2.41 bits per heavy atom. The van der Waals surface area contributed by atoms with Crippen molar-refractivity contribution in [1.29, 1.82) is 0 Å². The van der Waals surface area contributed by atoms with Gasteiger partial charge in [0.05, 0.1) is 6.04 Å². The molecule has 3 rings (SSSR count). The Labute approximate surface area is 156 Å². The van der Waals surface area contributed by atoms with Crippen LogP contribution in [0.3, 0.4) is 0 Å². The van der Waals surface area contributed by atoms with E-state index in [4.69, 9.17) is 9.15 Å². The molecule has 1 N–H and O–H groups in total. The second kappa shape index (κ2) is 8.27. The fourth-order valence-electron chi connectivity index (χ4n) is 2.57. The summed E-state index contributed by atoms with van der Waals surface area (Å²) >= 11 is 0. The number of hydrogen-bond donors (Lipinski definition) is 1. The Bertz CT molecular complexity index is 903. The van der Waals surface area contributed by atoms with Gasteiger partial charge in [0.2, 0.25) is 18.2 Å². The minimum absolute atomic E-state index is 0.0689. The number of ether oxygens (including phenoxy) is 1. The third kappa shape index (κ3) is 4.78. The molecule has 138 valence electrons. The molecule has 0 aliphatic heterocycles. The normalized spacial score (nSPS) is 11.6. The maximum Gasteiger partial charge on any atom is 0.247 e. The van der Waals surface area contributed by atoms with Gasteiger partial charge >= 0.3 is 0 Å². The van der Waals surface area contributed by atoms with E-state index in [0.29, 0.717) is 17.2 Å². The average molecular weight is 365 g/mol. The van der Waals surface area contributed by atoms with Crippen molar-refractivity contribution in [3.63, 3.8) is 0 Å². The van der Waals surface area contributed by atoms with Gasteiger partial charge in [-0.3, -0.25) is 9.59 Å².